The first-order valence-corrected chi connectivity index (χ1v) is 8.11. The topological polar surface area (TPSA) is 47.6 Å². The Bertz CT molecular complexity index is 752. The molecule has 0 fully saturated rings. The Morgan fingerprint density at radius 2 is 1.73 bits per heavy atom. The molecular formula is C17H14Cl2F3NO3. The number of carbonyl (C=O) groups excluding carboxylic acids is 1. The summed E-state index contributed by atoms with van der Waals surface area (Å²) in [6, 6.07) is 10.6. The fourth-order valence-electron chi connectivity index (χ4n) is 1.85. The molecule has 0 aromatic heterocycles. The average molecular weight is 408 g/mol. The van der Waals surface area contributed by atoms with Gasteiger partial charge in [-0.1, -0.05) is 35.3 Å². The average Bonchev–Trinajstić information content (AvgIpc) is 2.59. The van der Waals surface area contributed by atoms with E-state index in [1.807, 2.05) is 0 Å². The molecule has 0 saturated heterocycles. The third-order valence-electron chi connectivity index (χ3n) is 3.07. The summed E-state index contributed by atoms with van der Waals surface area (Å²) in [6.07, 6.45) is -4.39. The van der Waals surface area contributed by atoms with Gasteiger partial charge in [0, 0.05) is 17.6 Å². The largest absolute Gasteiger partial charge is 0.484 e. The highest BCUT2D eigenvalue weighted by Gasteiger charge is 2.28. The van der Waals surface area contributed by atoms with Crippen molar-refractivity contribution < 1.29 is 27.4 Å². The number of ether oxygens (including phenoxy) is 2. The van der Waals surface area contributed by atoms with Gasteiger partial charge in [0.05, 0.1) is 5.02 Å². The van der Waals surface area contributed by atoms with Gasteiger partial charge < -0.3 is 14.8 Å². The van der Waals surface area contributed by atoms with Crippen LogP contribution in [0.1, 0.15) is 5.56 Å². The maximum Gasteiger partial charge on any atom is 0.422 e. The highest BCUT2D eigenvalue weighted by Crippen LogP contribution is 2.27. The molecule has 0 aliphatic carbocycles. The van der Waals surface area contributed by atoms with Crippen LogP contribution in [0, 0.1) is 0 Å². The minimum absolute atomic E-state index is 0.0938. The van der Waals surface area contributed by atoms with Crippen molar-refractivity contribution in [2.75, 3.05) is 13.2 Å². The van der Waals surface area contributed by atoms with Crippen LogP contribution in [0.3, 0.4) is 0 Å². The molecule has 0 atom stereocenters. The van der Waals surface area contributed by atoms with E-state index in [0.29, 0.717) is 21.4 Å². The van der Waals surface area contributed by atoms with Crippen LogP contribution >= 0.6 is 23.2 Å². The predicted molar refractivity (Wildman–Crippen MR) is 91.8 cm³/mol. The molecule has 2 aromatic carbocycles. The number of alkyl halides is 3. The number of hydrogen-bond donors (Lipinski definition) is 1. The number of amides is 1. The standard InChI is InChI=1S/C17H14Cl2F3NO3/c18-12-3-6-14(19)15(7-12)25-9-16(24)23-8-11-1-4-13(5-2-11)26-10-17(20,21)22/h1-7H,8-10H2,(H,23,24). The summed E-state index contributed by atoms with van der Waals surface area (Å²) in [7, 11) is 0. The zero-order chi connectivity index (χ0) is 19.2. The minimum atomic E-state index is -4.39. The summed E-state index contributed by atoms with van der Waals surface area (Å²) in [4.78, 5) is 11.8. The first-order valence-electron chi connectivity index (χ1n) is 7.36. The van der Waals surface area contributed by atoms with Crippen molar-refractivity contribution in [2.45, 2.75) is 12.7 Å². The smallest absolute Gasteiger partial charge is 0.422 e. The zero-order valence-corrected chi connectivity index (χ0v) is 14.8. The lowest BCUT2D eigenvalue weighted by Gasteiger charge is -2.11. The van der Waals surface area contributed by atoms with E-state index >= 15 is 0 Å². The molecule has 9 heteroatoms. The molecule has 2 aromatic rings. The summed E-state index contributed by atoms with van der Waals surface area (Å²) in [5.41, 5.74) is 0.693. The fraction of sp³-hybridized carbons (Fsp3) is 0.235. The van der Waals surface area contributed by atoms with Gasteiger partial charge in [-0.05, 0) is 29.8 Å². The molecule has 2 rings (SSSR count). The lowest BCUT2D eigenvalue weighted by Crippen LogP contribution is -2.28. The Kier molecular flexibility index (Phi) is 6.99. The van der Waals surface area contributed by atoms with Crippen molar-refractivity contribution in [2.24, 2.45) is 0 Å². The van der Waals surface area contributed by atoms with Gasteiger partial charge in [0.2, 0.25) is 0 Å². The van der Waals surface area contributed by atoms with Crippen molar-refractivity contribution in [1.29, 1.82) is 0 Å². The fourth-order valence-corrected chi connectivity index (χ4v) is 2.19. The highest BCUT2D eigenvalue weighted by molar-refractivity contribution is 6.34. The van der Waals surface area contributed by atoms with Gasteiger partial charge in [-0.2, -0.15) is 13.2 Å². The summed E-state index contributed by atoms with van der Waals surface area (Å²) in [5.74, 6) is -0.00439. The zero-order valence-electron chi connectivity index (χ0n) is 13.3. The molecule has 0 aliphatic rings. The number of rotatable bonds is 7. The normalized spacial score (nSPS) is 11.1. The molecule has 1 amide bonds. The molecule has 140 valence electrons. The quantitative estimate of drug-likeness (QED) is 0.727. The molecule has 0 unspecified atom stereocenters. The summed E-state index contributed by atoms with van der Waals surface area (Å²) >= 11 is 11.7. The van der Waals surface area contributed by atoms with Gasteiger partial charge in [-0.25, -0.2) is 0 Å². The van der Waals surface area contributed by atoms with Crippen LogP contribution < -0.4 is 14.8 Å². The number of carbonyl (C=O) groups is 1. The SMILES string of the molecule is O=C(COc1cc(Cl)ccc1Cl)NCc1ccc(OCC(F)(F)F)cc1. The summed E-state index contributed by atoms with van der Waals surface area (Å²) < 4.78 is 46.1. The van der Waals surface area contributed by atoms with Gasteiger partial charge in [0.25, 0.3) is 5.91 Å². The van der Waals surface area contributed by atoms with Crippen molar-refractivity contribution in [3.63, 3.8) is 0 Å². The van der Waals surface area contributed by atoms with E-state index in [1.165, 1.54) is 18.2 Å². The van der Waals surface area contributed by atoms with Crippen molar-refractivity contribution in [1.82, 2.24) is 5.32 Å². The van der Waals surface area contributed by atoms with Gasteiger partial charge in [0.1, 0.15) is 11.5 Å². The Labute approximate surface area is 157 Å². The van der Waals surface area contributed by atoms with E-state index in [0.717, 1.165) is 0 Å². The monoisotopic (exact) mass is 407 g/mol. The van der Waals surface area contributed by atoms with Crippen LogP contribution in [0.15, 0.2) is 42.5 Å². The first-order chi connectivity index (χ1) is 12.2. The van der Waals surface area contributed by atoms with E-state index in [9.17, 15) is 18.0 Å². The third kappa shape index (κ3) is 7.01. The molecule has 26 heavy (non-hydrogen) atoms. The molecule has 4 nitrogen and oxygen atoms in total. The molecule has 0 aliphatic heterocycles. The highest BCUT2D eigenvalue weighted by atomic mass is 35.5. The lowest BCUT2D eigenvalue weighted by molar-refractivity contribution is -0.153. The second-order valence-corrected chi connectivity index (χ2v) is 6.03. The summed E-state index contributed by atoms with van der Waals surface area (Å²) in [5, 5.41) is 3.38. The number of benzene rings is 2. The molecule has 0 heterocycles. The maximum absolute atomic E-state index is 12.1. The van der Waals surface area contributed by atoms with E-state index in [-0.39, 0.29) is 18.9 Å². The Balaban J connectivity index is 1.77. The van der Waals surface area contributed by atoms with Crippen molar-refractivity contribution in [3.05, 3.63) is 58.1 Å². The van der Waals surface area contributed by atoms with Crippen LogP contribution in [0.2, 0.25) is 10.0 Å². The molecule has 0 radical (unpaired) electrons. The van der Waals surface area contributed by atoms with E-state index in [4.69, 9.17) is 27.9 Å². The van der Waals surface area contributed by atoms with Gasteiger partial charge in [0.15, 0.2) is 13.2 Å². The number of halogens is 5. The molecule has 1 N–H and O–H groups in total. The van der Waals surface area contributed by atoms with Crippen LogP contribution in [0.5, 0.6) is 11.5 Å². The first kappa shape index (κ1) is 20.2. The Hall–Kier alpha value is -2.12. The summed E-state index contributed by atoms with van der Waals surface area (Å²) in [6.45, 7) is -1.43. The van der Waals surface area contributed by atoms with Crippen LogP contribution in [0.4, 0.5) is 13.2 Å². The second kappa shape index (κ2) is 9.00. The Morgan fingerprint density at radius 1 is 1.04 bits per heavy atom. The van der Waals surface area contributed by atoms with E-state index < -0.39 is 18.7 Å². The Morgan fingerprint density at radius 3 is 2.38 bits per heavy atom. The van der Waals surface area contributed by atoms with Crippen LogP contribution in [-0.4, -0.2) is 25.3 Å². The van der Waals surface area contributed by atoms with Crippen molar-refractivity contribution >= 4 is 29.1 Å². The van der Waals surface area contributed by atoms with Crippen LogP contribution in [0.25, 0.3) is 0 Å². The van der Waals surface area contributed by atoms with E-state index in [1.54, 1.807) is 24.3 Å². The predicted octanol–water partition coefficient (Wildman–Crippen LogP) is 4.63. The molecule has 0 bridgehead atoms. The minimum Gasteiger partial charge on any atom is -0.484 e. The maximum atomic E-state index is 12.1. The number of hydrogen-bond acceptors (Lipinski definition) is 3. The molecular weight excluding hydrogens is 394 g/mol. The van der Waals surface area contributed by atoms with Crippen LogP contribution in [-0.2, 0) is 11.3 Å². The molecule has 0 saturated carbocycles. The van der Waals surface area contributed by atoms with Crippen molar-refractivity contribution in [3.8, 4) is 11.5 Å². The number of nitrogens with one attached hydrogen (secondary N) is 1. The van der Waals surface area contributed by atoms with Gasteiger partial charge in [-0.15, -0.1) is 0 Å². The van der Waals surface area contributed by atoms with Gasteiger partial charge >= 0.3 is 6.18 Å². The second-order valence-electron chi connectivity index (χ2n) is 5.19. The lowest BCUT2D eigenvalue weighted by atomic mass is 10.2. The third-order valence-corrected chi connectivity index (χ3v) is 3.61. The molecule has 0 spiro atoms. The van der Waals surface area contributed by atoms with E-state index in [2.05, 4.69) is 10.1 Å². The van der Waals surface area contributed by atoms with Gasteiger partial charge in [-0.3, -0.25) is 4.79 Å².